The Hall–Kier alpha value is -2.80. The van der Waals surface area contributed by atoms with E-state index in [1.54, 1.807) is 12.4 Å². The van der Waals surface area contributed by atoms with Gasteiger partial charge < -0.3 is 24.5 Å². The van der Waals surface area contributed by atoms with Gasteiger partial charge in [-0.25, -0.2) is 0 Å². The molecular weight excluding hydrogens is 344 g/mol. The summed E-state index contributed by atoms with van der Waals surface area (Å²) in [6.45, 7) is 3.17. The Morgan fingerprint density at radius 3 is 2.74 bits per heavy atom. The predicted molar refractivity (Wildman–Crippen MR) is 103 cm³/mol. The maximum Gasteiger partial charge on any atom is 0.258 e. The number of ether oxygens (including phenoxy) is 1. The van der Waals surface area contributed by atoms with Crippen LogP contribution < -0.4 is 10.9 Å². The number of carbonyl (C=O) groups is 1. The monoisotopic (exact) mass is 368 g/mol. The SMILES string of the molecule is Cc1c[nH]c(=O)c2c(C(=O)N3CCC(OC4C=CC=CN4)CC3)cn(C)c12. The molecule has 2 aliphatic rings. The van der Waals surface area contributed by atoms with Gasteiger partial charge in [0.2, 0.25) is 0 Å². The number of dihydropyridines is 1. The smallest absolute Gasteiger partial charge is 0.258 e. The topological polar surface area (TPSA) is 79.4 Å². The highest BCUT2D eigenvalue weighted by Crippen LogP contribution is 2.23. The number of amides is 1. The van der Waals surface area contributed by atoms with Crippen molar-refractivity contribution in [1.82, 2.24) is 19.8 Å². The third-order valence-corrected chi connectivity index (χ3v) is 5.25. The summed E-state index contributed by atoms with van der Waals surface area (Å²) in [7, 11) is 1.87. The lowest BCUT2D eigenvalue weighted by molar-refractivity contribution is -0.0276. The van der Waals surface area contributed by atoms with Crippen molar-refractivity contribution >= 4 is 16.8 Å². The summed E-state index contributed by atoms with van der Waals surface area (Å²) in [5, 5.41) is 3.63. The number of piperidine rings is 1. The van der Waals surface area contributed by atoms with Crippen molar-refractivity contribution in [3.05, 3.63) is 58.3 Å². The lowest BCUT2D eigenvalue weighted by Crippen LogP contribution is -2.43. The number of fused-ring (bicyclic) bond motifs is 1. The van der Waals surface area contributed by atoms with Crippen LogP contribution in [0.15, 0.2) is 41.6 Å². The van der Waals surface area contributed by atoms with E-state index in [-0.39, 0.29) is 23.8 Å². The van der Waals surface area contributed by atoms with Crippen LogP contribution in [-0.2, 0) is 11.8 Å². The van der Waals surface area contributed by atoms with E-state index in [0.717, 1.165) is 23.9 Å². The average Bonchev–Trinajstić information content (AvgIpc) is 3.04. The molecule has 1 unspecified atom stereocenters. The second-order valence-electron chi connectivity index (χ2n) is 7.14. The summed E-state index contributed by atoms with van der Waals surface area (Å²) in [5.41, 5.74) is 2.00. The van der Waals surface area contributed by atoms with Crippen molar-refractivity contribution in [3.8, 4) is 0 Å². The summed E-state index contributed by atoms with van der Waals surface area (Å²) < 4.78 is 7.89. The van der Waals surface area contributed by atoms with E-state index in [4.69, 9.17) is 4.74 Å². The normalized spacial score (nSPS) is 20.2. The zero-order valence-electron chi connectivity index (χ0n) is 15.6. The Bertz CT molecular complexity index is 977. The highest BCUT2D eigenvalue weighted by atomic mass is 16.5. The molecule has 4 heterocycles. The molecule has 1 fully saturated rings. The van der Waals surface area contributed by atoms with Gasteiger partial charge >= 0.3 is 0 Å². The van der Waals surface area contributed by atoms with E-state index in [1.165, 1.54) is 0 Å². The molecule has 1 atom stereocenters. The number of aromatic amines is 1. The van der Waals surface area contributed by atoms with Gasteiger partial charge in [-0.2, -0.15) is 0 Å². The highest BCUT2D eigenvalue weighted by molar-refractivity contribution is 6.07. The number of carbonyl (C=O) groups excluding carboxylic acids is 1. The molecule has 0 bridgehead atoms. The van der Waals surface area contributed by atoms with Crippen LogP contribution in [-0.4, -0.2) is 45.8 Å². The van der Waals surface area contributed by atoms with Crippen LogP contribution in [0.25, 0.3) is 10.9 Å². The molecule has 2 aliphatic heterocycles. The van der Waals surface area contributed by atoms with Crippen LogP contribution in [0.1, 0.15) is 28.8 Å². The van der Waals surface area contributed by atoms with Crippen LogP contribution >= 0.6 is 0 Å². The summed E-state index contributed by atoms with van der Waals surface area (Å²) in [6.07, 6.45) is 12.7. The molecule has 0 aromatic carbocycles. The van der Waals surface area contributed by atoms with Gasteiger partial charge in [0.25, 0.3) is 11.5 Å². The highest BCUT2D eigenvalue weighted by Gasteiger charge is 2.28. The van der Waals surface area contributed by atoms with E-state index in [0.29, 0.717) is 24.0 Å². The Labute approximate surface area is 157 Å². The number of allylic oxidation sites excluding steroid dienone is 2. The summed E-state index contributed by atoms with van der Waals surface area (Å²) in [5.74, 6) is -0.0891. The standard InChI is InChI=1S/C20H24N4O3/c1-13-11-22-19(25)17-15(12-23(2)18(13)17)20(26)24-9-6-14(7-10-24)27-16-5-3-4-8-21-16/h3-5,8,11-12,14,16,21H,6-7,9-10H2,1-2H3,(H,22,25). The van der Waals surface area contributed by atoms with E-state index in [2.05, 4.69) is 10.3 Å². The Morgan fingerprint density at radius 1 is 1.26 bits per heavy atom. The Kier molecular flexibility index (Phi) is 4.61. The first-order valence-corrected chi connectivity index (χ1v) is 9.26. The Morgan fingerprint density at radius 2 is 2.04 bits per heavy atom. The fourth-order valence-electron chi connectivity index (χ4n) is 3.89. The number of aryl methyl sites for hydroxylation is 2. The lowest BCUT2D eigenvalue weighted by atomic mass is 10.1. The molecule has 2 aromatic rings. The molecule has 2 N–H and O–H groups in total. The number of hydrogen-bond acceptors (Lipinski definition) is 4. The number of aromatic nitrogens is 2. The zero-order valence-corrected chi connectivity index (χ0v) is 15.6. The number of likely N-dealkylation sites (tertiary alicyclic amines) is 1. The molecule has 1 saturated heterocycles. The molecule has 0 saturated carbocycles. The largest absolute Gasteiger partial charge is 0.363 e. The molecule has 0 radical (unpaired) electrons. The van der Waals surface area contributed by atoms with Crippen molar-refractivity contribution in [2.75, 3.05) is 13.1 Å². The van der Waals surface area contributed by atoms with Gasteiger partial charge in [0.05, 0.1) is 22.6 Å². The molecule has 142 valence electrons. The van der Waals surface area contributed by atoms with Crippen molar-refractivity contribution in [2.45, 2.75) is 32.1 Å². The van der Waals surface area contributed by atoms with Crippen molar-refractivity contribution in [3.63, 3.8) is 0 Å². The van der Waals surface area contributed by atoms with E-state index >= 15 is 0 Å². The molecule has 7 heteroatoms. The van der Waals surface area contributed by atoms with E-state index in [9.17, 15) is 9.59 Å². The number of nitrogens with one attached hydrogen (secondary N) is 2. The van der Waals surface area contributed by atoms with Crippen LogP contribution in [0.3, 0.4) is 0 Å². The molecule has 7 nitrogen and oxygen atoms in total. The van der Waals surface area contributed by atoms with Gasteiger partial charge in [0.15, 0.2) is 0 Å². The lowest BCUT2D eigenvalue weighted by Gasteiger charge is -2.33. The minimum Gasteiger partial charge on any atom is -0.363 e. The maximum atomic E-state index is 13.1. The van der Waals surface area contributed by atoms with Gasteiger partial charge in [-0.05, 0) is 43.7 Å². The van der Waals surface area contributed by atoms with Gasteiger partial charge in [0, 0.05) is 32.5 Å². The second kappa shape index (κ2) is 7.08. The molecule has 27 heavy (non-hydrogen) atoms. The molecule has 0 spiro atoms. The minimum atomic E-state index is -0.221. The second-order valence-corrected chi connectivity index (χ2v) is 7.14. The average molecular weight is 368 g/mol. The van der Waals surface area contributed by atoms with Gasteiger partial charge in [-0.1, -0.05) is 6.08 Å². The first kappa shape index (κ1) is 17.6. The third kappa shape index (κ3) is 3.30. The van der Waals surface area contributed by atoms with Crippen LogP contribution in [0.2, 0.25) is 0 Å². The quantitative estimate of drug-likeness (QED) is 0.866. The van der Waals surface area contributed by atoms with Crippen LogP contribution in [0.5, 0.6) is 0 Å². The minimum absolute atomic E-state index is 0.0891. The summed E-state index contributed by atoms with van der Waals surface area (Å²) in [6, 6.07) is 0. The third-order valence-electron chi connectivity index (χ3n) is 5.25. The number of nitrogens with zero attached hydrogens (tertiary/aromatic N) is 2. The molecule has 1 amide bonds. The molecule has 2 aromatic heterocycles. The van der Waals surface area contributed by atoms with Gasteiger partial charge in [-0.15, -0.1) is 0 Å². The van der Waals surface area contributed by atoms with E-state index < -0.39 is 0 Å². The number of H-pyrrole nitrogens is 1. The van der Waals surface area contributed by atoms with E-state index in [1.807, 2.05) is 47.9 Å². The summed E-state index contributed by atoms with van der Waals surface area (Å²) in [4.78, 5) is 30.0. The number of rotatable bonds is 3. The molecule has 4 rings (SSSR count). The fourth-order valence-corrected chi connectivity index (χ4v) is 3.89. The molecule has 0 aliphatic carbocycles. The number of hydrogen-bond donors (Lipinski definition) is 2. The van der Waals surface area contributed by atoms with Crippen molar-refractivity contribution in [2.24, 2.45) is 7.05 Å². The van der Waals surface area contributed by atoms with Gasteiger partial charge in [0.1, 0.15) is 6.23 Å². The zero-order chi connectivity index (χ0) is 19.0. The summed E-state index contributed by atoms with van der Waals surface area (Å²) >= 11 is 0. The first-order chi connectivity index (χ1) is 13.0. The van der Waals surface area contributed by atoms with Crippen molar-refractivity contribution in [1.29, 1.82) is 0 Å². The predicted octanol–water partition coefficient (Wildman–Crippen LogP) is 1.80. The number of pyridine rings is 1. The van der Waals surface area contributed by atoms with Gasteiger partial charge in [-0.3, -0.25) is 9.59 Å². The Balaban J connectivity index is 1.48. The first-order valence-electron chi connectivity index (χ1n) is 9.26. The fraction of sp³-hybridized carbons (Fsp3) is 0.400. The maximum absolute atomic E-state index is 13.1. The molecular formula is C20H24N4O3. The van der Waals surface area contributed by atoms with Crippen LogP contribution in [0, 0.1) is 6.92 Å². The van der Waals surface area contributed by atoms with Crippen molar-refractivity contribution < 1.29 is 9.53 Å². The van der Waals surface area contributed by atoms with Crippen LogP contribution in [0.4, 0.5) is 0 Å².